The first-order valence-electron chi connectivity index (χ1n) is 8.50. The number of likely N-dealkylation sites (tertiary alicyclic amines) is 1. The second-order valence-electron chi connectivity index (χ2n) is 6.96. The zero-order valence-electron chi connectivity index (χ0n) is 14.0. The van der Waals surface area contributed by atoms with Gasteiger partial charge in [0.05, 0.1) is 0 Å². The maximum absolute atomic E-state index is 3.83. The van der Waals surface area contributed by atoms with Gasteiger partial charge in [-0.15, -0.1) is 0 Å². The lowest BCUT2D eigenvalue weighted by molar-refractivity contribution is 0.0531. The lowest BCUT2D eigenvalue weighted by Gasteiger charge is -2.47. The lowest BCUT2D eigenvalue weighted by Crippen LogP contribution is -2.59. The van der Waals surface area contributed by atoms with E-state index in [1.807, 2.05) is 0 Å². The van der Waals surface area contributed by atoms with E-state index >= 15 is 0 Å². The van der Waals surface area contributed by atoms with Crippen LogP contribution in [0.4, 0.5) is 0 Å². The maximum atomic E-state index is 3.83. The number of hydrogen-bond donors (Lipinski definition) is 1. The molecule has 0 aromatic heterocycles. The predicted octanol–water partition coefficient (Wildman–Crippen LogP) is 4.06. The van der Waals surface area contributed by atoms with Crippen molar-refractivity contribution in [3.05, 3.63) is 0 Å². The second-order valence-corrected chi connectivity index (χ2v) is 6.96. The van der Waals surface area contributed by atoms with Gasteiger partial charge in [-0.2, -0.15) is 0 Å². The summed E-state index contributed by atoms with van der Waals surface area (Å²) in [5, 5.41) is 3.83. The highest BCUT2D eigenvalue weighted by molar-refractivity contribution is 4.95. The van der Waals surface area contributed by atoms with Crippen LogP contribution in [0.25, 0.3) is 0 Å². The third kappa shape index (κ3) is 5.07. The molecule has 1 aliphatic rings. The number of nitrogens with one attached hydrogen (secondary N) is 1. The Morgan fingerprint density at radius 3 is 2.26 bits per heavy atom. The molecule has 0 aliphatic carbocycles. The predicted molar refractivity (Wildman–Crippen MR) is 85.7 cm³/mol. The van der Waals surface area contributed by atoms with Crippen LogP contribution in [0.5, 0.6) is 0 Å². The largest absolute Gasteiger partial charge is 0.312 e. The van der Waals surface area contributed by atoms with Crippen molar-refractivity contribution in [1.82, 2.24) is 10.2 Å². The SMILES string of the molecule is CCCNC(CC(C)CC)C(C)(C)N1CCCCC1. The van der Waals surface area contributed by atoms with E-state index in [0.717, 1.165) is 12.5 Å². The fourth-order valence-electron chi connectivity index (χ4n) is 3.20. The number of rotatable bonds is 8. The van der Waals surface area contributed by atoms with E-state index in [9.17, 15) is 0 Å². The highest BCUT2D eigenvalue weighted by atomic mass is 15.2. The summed E-state index contributed by atoms with van der Waals surface area (Å²) in [6, 6.07) is 0.625. The summed E-state index contributed by atoms with van der Waals surface area (Å²) in [7, 11) is 0. The Morgan fingerprint density at radius 2 is 1.74 bits per heavy atom. The monoisotopic (exact) mass is 268 g/mol. The Bertz CT molecular complexity index is 231. The minimum absolute atomic E-state index is 0.291. The quantitative estimate of drug-likeness (QED) is 0.714. The van der Waals surface area contributed by atoms with Crippen LogP contribution < -0.4 is 5.32 Å². The number of piperidine rings is 1. The van der Waals surface area contributed by atoms with Crippen molar-refractivity contribution in [3.63, 3.8) is 0 Å². The van der Waals surface area contributed by atoms with E-state index in [2.05, 4.69) is 44.8 Å². The van der Waals surface area contributed by atoms with Crippen molar-refractivity contribution < 1.29 is 0 Å². The van der Waals surface area contributed by atoms with Crippen LogP contribution >= 0.6 is 0 Å². The topological polar surface area (TPSA) is 15.3 Å². The van der Waals surface area contributed by atoms with Crippen LogP contribution in [-0.2, 0) is 0 Å². The van der Waals surface area contributed by atoms with Crippen LogP contribution in [-0.4, -0.2) is 36.1 Å². The summed E-state index contributed by atoms with van der Waals surface area (Å²) in [4.78, 5) is 2.73. The molecule has 2 nitrogen and oxygen atoms in total. The molecule has 0 spiro atoms. The van der Waals surface area contributed by atoms with E-state index in [4.69, 9.17) is 0 Å². The second kappa shape index (κ2) is 8.26. The van der Waals surface area contributed by atoms with Crippen LogP contribution in [0.2, 0.25) is 0 Å². The minimum atomic E-state index is 0.291. The maximum Gasteiger partial charge on any atom is 0.0306 e. The third-order valence-corrected chi connectivity index (χ3v) is 5.00. The lowest BCUT2D eigenvalue weighted by atomic mass is 9.84. The van der Waals surface area contributed by atoms with Gasteiger partial charge < -0.3 is 5.32 Å². The van der Waals surface area contributed by atoms with E-state index in [1.165, 1.54) is 51.6 Å². The minimum Gasteiger partial charge on any atom is -0.312 e. The smallest absolute Gasteiger partial charge is 0.0306 e. The van der Waals surface area contributed by atoms with Gasteiger partial charge in [0, 0.05) is 11.6 Å². The Morgan fingerprint density at radius 1 is 1.11 bits per heavy atom. The molecule has 114 valence electrons. The molecule has 0 radical (unpaired) electrons. The summed E-state index contributed by atoms with van der Waals surface area (Å²) >= 11 is 0. The molecule has 2 atom stereocenters. The Balaban J connectivity index is 2.68. The molecule has 1 N–H and O–H groups in total. The molecule has 1 saturated heterocycles. The van der Waals surface area contributed by atoms with Crippen molar-refractivity contribution >= 4 is 0 Å². The zero-order valence-corrected chi connectivity index (χ0v) is 14.0. The first kappa shape index (κ1) is 17.0. The molecule has 1 rings (SSSR count). The molecule has 0 bridgehead atoms. The zero-order chi connectivity index (χ0) is 14.3. The normalized spacial score (nSPS) is 21.3. The van der Waals surface area contributed by atoms with Gasteiger partial charge in [0.15, 0.2) is 0 Å². The summed E-state index contributed by atoms with van der Waals surface area (Å²) < 4.78 is 0. The van der Waals surface area contributed by atoms with E-state index in [-0.39, 0.29) is 0 Å². The van der Waals surface area contributed by atoms with Crippen molar-refractivity contribution in [2.24, 2.45) is 5.92 Å². The first-order chi connectivity index (χ1) is 9.02. The molecule has 2 heteroatoms. The van der Waals surface area contributed by atoms with Crippen LogP contribution in [0.3, 0.4) is 0 Å². The fraction of sp³-hybridized carbons (Fsp3) is 1.00. The summed E-state index contributed by atoms with van der Waals surface area (Å²) in [6.07, 6.45) is 8.01. The Hall–Kier alpha value is -0.0800. The molecule has 1 heterocycles. The van der Waals surface area contributed by atoms with Crippen molar-refractivity contribution in [1.29, 1.82) is 0 Å². The summed E-state index contributed by atoms with van der Waals surface area (Å²) in [6.45, 7) is 15.6. The van der Waals surface area contributed by atoms with Gasteiger partial charge >= 0.3 is 0 Å². The van der Waals surface area contributed by atoms with Crippen molar-refractivity contribution in [3.8, 4) is 0 Å². The Kier molecular flexibility index (Phi) is 7.38. The average Bonchev–Trinajstić information content (AvgIpc) is 2.43. The highest BCUT2D eigenvalue weighted by Crippen LogP contribution is 2.28. The molecule has 0 aromatic carbocycles. The van der Waals surface area contributed by atoms with Crippen molar-refractivity contribution in [2.45, 2.75) is 84.7 Å². The van der Waals surface area contributed by atoms with Crippen LogP contribution in [0.15, 0.2) is 0 Å². The van der Waals surface area contributed by atoms with Crippen molar-refractivity contribution in [2.75, 3.05) is 19.6 Å². The standard InChI is InChI=1S/C17H36N2/c1-6-11-18-16(14-15(3)7-2)17(4,5)19-12-9-8-10-13-19/h15-16,18H,6-14H2,1-5H3. The fourth-order valence-corrected chi connectivity index (χ4v) is 3.20. The number of hydrogen-bond acceptors (Lipinski definition) is 2. The third-order valence-electron chi connectivity index (χ3n) is 5.00. The molecule has 0 saturated carbocycles. The van der Waals surface area contributed by atoms with Crippen LogP contribution in [0.1, 0.15) is 73.1 Å². The first-order valence-corrected chi connectivity index (χ1v) is 8.50. The van der Waals surface area contributed by atoms with Gasteiger partial charge in [0.2, 0.25) is 0 Å². The molecular formula is C17H36N2. The van der Waals surface area contributed by atoms with Gasteiger partial charge in [-0.3, -0.25) is 4.90 Å². The molecule has 1 fully saturated rings. The molecule has 1 aliphatic heterocycles. The van der Waals surface area contributed by atoms with E-state index < -0.39 is 0 Å². The molecule has 2 unspecified atom stereocenters. The molecular weight excluding hydrogens is 232 g/mol. The number of nitrogens with zero attached hydrogens (tertiary/aromatic N) is 1. The van der Waals surface area contributed by atoms with Gasteiger partial charge in [-0.1, -0.05) is 33.6 Å². The molecule has 19 heavy (non-hydrogen) atoms. The van der Waals surface area contributed by atoms with Crippen LogP contribution in [0, 0.1) is 5.92 Å². The van der Waals surface area contributed by atoms with E-state index in [0.29, 0.717) is 11.6 Å². The van der Waals surface area contributed by atoms with Gasteiger partial charge in [0.25, 0.3) is 0 Å². The summed E-state index contributed by atoms with van der Waals surface area (Å²) in [5.74, 6) is 0.818. The Labute approximate surface area is 121 Å². The van der Waals surface area contributed by atoms with E-state index in [1.54, 1.807) is 0 Å². The molecule has 0 aromatic rings. The molecule has 0 amide bonds. The van der Waals surface area contributed by atoms with Gasteiger partial charge in [-0.25, -0.2) is 0 Å². The highest BCUT2D eigenvalue weighted by Gasteiger charge is 2.35. The van der Waals surface area contributed by atoms with Gasteiger partial charge in [0.1, 0.15) is 0 Å². The van der Waals surface area contributed by atoms with Gasteiger partial charge in [-0.05, 0) is 65.1 Å². The average molecular weight is 268 g/mol. The summed E-state index contributed by atoms with van der Waals surface area (Å²) in [5.41, 5.74) is 0.291.